The van der Waals surface area contributed by atoms with Crippen molar-refractivity contribution in [3.05, 3.63) is 59.7 Å². The SMILES string of the molecule is O=C(O)CC(NC(=O)OCC1c2ccccc2-c2ccccc21)C1CCCCO1. The zero-order valence-corrected chi connectivity index (χ0v) is 16.2. The molecule has 1 aliphatic carbocycles. The summed E-state index contributed by atoms with van der Waals surface area (Å²) in [5, 5.41) is 11.9. The molecule has 4 rings (SSSR count). The number of hydrogen-bond donors (Lipinski definition) is 2. The number of carboxylic acids is 1. The molecule has 1 saturated heterocycles. The third-order valence-corrected chi connectivity index (χ3v) is 5.71. The molecule has 0 bridgehead atoms. The highest BCUT2D eigenvalue weighted by Crippen LogP contribution is 2.44. The fourth-order valence-corrected chi connectivity index (χ4v) is 4.34. The molecule has 2 unspecified atom stereocenters. The molecule has 2 atom stereocenters. The number of amides is 1. The van der Waals surface area contributed by atoms with Crippen molar-refractivity contribution in [3.8, 4) is 11.1 Å². The van der Waals surface area contributed by atoms with Gasteiger partial charge in [0, 0.05) is 12.5 Å². The second kappa shape index (κ2) is 8.66. The fraction of sp³-hybridized carbons (Fsp3) is 0.391. The van der Waals surface area contributed by atoms with Gasteiger partial charge in [-0.2, -0.15) is 0 Å². The van der Waals surface area contributed by atoms with Gasteiger partial charge in [0.2, 0.25) is 0 Å². The lowest BCUT2D eigenvalue weighted by molar-refractivity contribution is -0.138. The number of carboxylic acid groups (broad SMARTS) is 1. The first-order valence-electron chi connectivity index (χ1n) is 10.1. The van der Waals surface area contributed by atoms with Crippen LogP contribution in [0.5, 0.6) is 0 Å². The number of ether oxygens (including phenoxy) is 2. The quantitative estimate of drug-likeness (QED) is 0.774. The van der Waals surface area contributed by atoms with E-state index in [1.807, 2.05) is 24.3 Å². The molecule has 1 amide bonds. The average molecular weight is 395 g/mol. The van der Waals surface area contributed by atoms with E-state index in [1.54, 1.807) is 0 Å². The number of carbonyl (C=O) groups excluding carboxylic acids is 1. The first-order chi connectivity index (χ1) is 14.1. The van der Waals surface area contributed by atoms with E-state index >= 15 is 0 Å². The Kier molecular flexibility index (Phi) is 5.81. The lowest BCUT2D eigenvalue weighted by atomic mass is 9.98. The second-order valence-corrected chi connectivity index (χ2v) is 7.58. The van der Waals surface area contributed by atoms with Crippen LogP contribution < -0.4 is 5.32 Å². The first kappa shape index (κ1) is 19.5. The van der Waals surface area contributed by atoms with Crippen LogP contribution in [0, 0.1) is 0 Å². The van der Waals surface area contributed by atoms with E-state index in [9.17, 15) is 14.7 Å². The molecule has 0 aromatic heterocycles. The van der Waals surface area contributed by atoms with Gasteiger partial charge in [-0.3, -0.25) is 4.79 Å². The summed E-state index contributed by atoms with van der Waals surface area (Å²) in [6, 6.07) is 15.7. The zero-order valence-electron chi connectivity index (χ0n) is 16.2. The van der Waals surface area contributed by atoms with Gasteiger partial charge in [0.05, 0.1) is 18.6 Å². The van der Waals surface area contributed by atoms with E-state index in [1.165, 1.54) is 0 Å². The molecule has 152 valence electrons. The summed E-state index contributed by atoms with van der Waals surface area (Å²) in [5.74, 6) is -1.000. The summed E-state index contributed by atoms with van der Waals surface area (Å²) in [5.41, 5.74) is 4.60. The van der Waals surface area contributed by atoms with Gasteiger partial charge in [0.1, 0.15) is 6.61 Å². The summed E-state index contributed by atoms with van der Waals surface area (Å²) in [4.78, 5) is 23.7. The Hall–Kier alpha value is -2.86. The van der Waals surface area contributed by atoms with Crippen LogP contribution in [-0.4, -0.2) is 42.5 Å². The number of benzene rings is 2. The van der Waals surface area contributed by atoms with E-state index in [0.717, 1.165) is 41.5 Å². The smallest absolute Gasteiger partial charge is 0.407 e. The highest BCUT2D eigenvalue weighted by molar-refractivity contribution is 5.79. The number of alkyl carbamates (subject to hydrolysis) is 1. The Bertz CT molecular complexity index is 845. The Balaban J connectivity index is 1.43. The standard InChI is InChI=1S/C23H25NO5/c25-22(26)13-20(21-11-5-6-12-28-21)24-23(27)29-14-19-17-9-3-1-7-15(17)16-8-2-4-10-18(16)19/h1-4,7-10,19-21H,5-6,11-14H2,(H,24,27)(H,25,26). The maximum absolute atomic E-state index is 12.5. The predicted molar refractivity (Wildman–Crippen MR) is 108 cm³/mol. The van der Waals surface area contributed by atoms with Crippen LogP contribution in [0.4, 0.5) is 4.79 Å². The van der Waals surface area contributed by atoms with E-state index in [0.29, 0.717) is 6.61 Å². The van der Waals surface area contributed by atoms with Crippen LogP contribution in [-0.2, 0) is 14.3 Å². The second-order valence-electron chi connectivity index (χ2n) is 7.58. The van der Waals surface area contributed by atoms with Gasteiger partial charge < -0.3 is 19.9 Å². The van der Waals surface area contributed by atoms with Crippen molar-refractivity contribution in [2.24, 2.45) is 0 Å². The van der Waals surface area contributed by atoms with Gasteiger partial charge in [-0.25, -0.2) is 4.79 Å². The monoisotopic (exact) mass is 395 g/mol. The molecule has 6 nitrogen and oxygen atoms in total. The molecular formula is C23H25NO5. The highest BCUT2D eigenvalue weighted by atomic mass is 16.5. The van der Waals surface area contributed by atoms with Crippen LogP contribution >= 0.6 is 0 Å². The maximum Gasteiger partial charge on any atom is 0.407 e. The summed E-state index contributed by atoms with van der Waals surface area (Å²) >= 11 is 0. The lowest BCUT2D eigenvalue weighted by Crippen LogP contribution is -2.47. The van der Waals surface area contributed by atoms with Crippen molar-refractivity contribution < 1.29 is 24.2 Å². The molecule has 2 aromatic rings. The molecule has 29 heavy (non-hydrogen) atoms. The van der Waals surface area contributed by atoms with Crippen molar-refractivity contribution in [2.75, 3.05) is 13.2 Å². The molecule has 2 aromatic carbocycles. The molecule has 0 spiro atoms. The van der Waals surface area contributed by atoms with Crippen LogP contribution in [0.25, 0.3) is 11.1 Å². The van der Waals surface area contributed by atoms with Crippen molar-refractivity contribution >= 4 is 12.1 Å². The van der Waals surface area contributed by atoms with Gasteiger partial charge in [0.15, 0.2) is 0 Å². The molecule has 1 fully saturated rings. The van der Waals surface area contributed by atoms with Crippen molar-refractivity contribution in [3.63, 3.8) is 0 Å². The predicted octanol–water partition coefficient (Wildman–Crippen LogP) is 3.94. The normalized spacial score (nSPS) is 19.1. The maximum atomic E-state index is 12.5. The topological polar surface area (TPSA) is 84.9 Å². The van der Waals surface area contributed by atoms with Crippen molar-refractivity contribution in [1.29, 1.82) is 0 Å². The Morgan fingerprint density at radius 1 is 1.07 bits per heavy atom. The van der Waals surface area contributed by atoms with E-state index in [-0.39, 0.29) is 25.0 Å². The number of hydrogen-bond acceptors (Lipinski definition) is 4. The Morgan fingerprint density at radius 2 is 1.72 bits per heavy atom. The molecule has 2 aliphatic rings. The third kappa shape index (κ3) is 4.27. The highest BCUT2D eigenvalue weighted by Gasteiger charge is 2.31. The number of nitrogens with one attached hydrogen (secondary N) is 1. The minimum Gasteiger partial charge on any atom is -0.481 e. The molecular weight excluding hydrogens is 370 g/mol. The molecule has 2 N–H and O–H groups in total. The van der Waals surface area contributed by atoms with Gasteiger partial charge in [-0.05, 0) is 41.5 Å². The molecule has 1 heterocycles. The molecule has 1 aliphatic heterocycles. The van der Waals surface area contributed by atoms with Crippen LogP contribution in [0.2, 0.25) is 0 Å². The Labute approximate surface area is 169 Å². The minimum absolute atomic E-state index is 0.0306. The summed E-state index contributed by atoms with van der Waals surface area (Å²) in [6.45, 7) is 0.790. The van der Waals surface area contributed by atoms with Gasteiger partial charge in [0.25, 0.3) is 0 Å². The van der Waals surface area contributed by atoms with Crippen LogP contribution in [0.1, 0.15) is 42.7 Å². The fourth-order valence-electron chi connectivity index (χ4n) is 4.34. The average Bonchev–Trinajstić information content (AvgIpc) is 3.06. The number of aliphatic carboxylic acids is 1. The van der Waals surface area contributed by atoms with E-state index < -0.39 is 18.1 Å². The lowest BCUT2D eigenvalue weighted by Gasteiger charge is -2.30. The summed E-state index contributed by atoms with van der Waals surface area (Å²) in [6.07, 6.45) is 1.58. The third-order valence-electron chi connectivity index (χ3n) is 5.71. The number of rotatable bonds is 6. The summed E-state index contributed by atoms with van der Waals surface area (Å²) in [7, 11) is 0. The van der Waals surface area contributed by atoms with Crippen molar-refractivity contribution in [1.82, 2.24) is 5.32 Å². The zero-order chi connectivity index (χ0) is 20.2. The van der Waals surface area contributed by atoms with Crippen LogP contribution in [0.15, 0.2) is 48.5 Å². The van der Waals surface area contributed by atoms with Crippen LogP contribution in [0.3, 0.4) is 0 Å². The summed E-state index contributed by atoms with van der Waals surface area (Å²) < 4.78 is 11.2. The first-order valence-corrected chi connectivity index (χ1v) is 10.1. The van der Waals surface area contributed by atoms with Gasteiger partial charge in [-0.15, -0.1) is 0 Å². The Morgan fingerprint density at radius 3 is 2.31 bits per heavy atom. The van der Waals surface area contributed by atoms with E-state index in [2.05, 4.69) is 29.6 Å². The largest absolute Gasteiger partial charge is 0.481 e. The number of fused-ring (bicyclic) bond motifs is 3. The molecule has 6 heteroatoms. The molecule has 0 radical (unpaired) electrons. The van der Waals surface area contributed by atoms with Gasteiger partial charge >= 0.3 is 12.1 Å². The number of carbonyl (C=O) groups is 2. The minimum atomic E-state index is -0.969. The molecule has 0 saturated carbocycles. The van der Waals surface area contributed by atoms with Gasteiger partial charge in [-0.1, -0.05) is 48.5 Å². The van der Waals surface area contributed by atoms with E-state index in [4.69, 9.17) is 9.47 Å². The van der Waals surface area contributed by atoms with Crippen molar-refractivity contribution in [2.45, 2.75) is 43.7 Å².